The smallest absolute Gasteiger partial charge is 0.475 e. The molecule has 0 aromatic carbocycles. The molecule has 0 aliphatic carbocycles. The van der Waals surface area contributed by atoms with Crippen LogP contribution >= 0.6 is 0 Å². The van der Waals surface area contributed by atoms with Crippen molar-refractivity contribution in [2.24, 2.45) is 0 Å². The van der Waals surface area contributed by atoms with Gasteiger partial charge in [-0.15, -0.1) is 0 Å². The lowest BCUT2D eigenvalue weighted by molar-refractivity contribution is -0.192. The first-order valence-electron chi connectivity index (χ1n) is 6.60. The van der Waals surface area contributed by atoms with Crippen LogP contribution in [0.3, 0.4) is 0 Å². The first kappa shape index (κ1) is 21.1. The maximum Gasteiger partial charge on any atom is 0.490 e. The third-order valence-electron chi connectivity index (χ3n) is 2.31. The Morgan fingerprint density at radius 3 is 2.26 bits per heavy atom. The molecule has 0 aliphatic heterocycles. The first-order chi connectivity index (χ1) is 10.5. The summed E-state index contributed by atoms with van der Waals surface area (Å²) < 4.78 is 68.7. The number of nitrogens with zero attached hydrogens (tertiary/aromatic N) is 2. The van der Waals surface area contributed by atoms with E-state index in [4.69, 9.17) is 9.90 Å². The number of unbranched alkanes of at least 4 members (excludes halogenated alkanes) is 2. The second-order valence-corrected chi connectivity index (χ2v) is 4.45. The number of carbonyl (C=O) groups is 1. The molecule has 11 heteroatoms. The Morgan fingerprint density at radius 2 is 1.83 bits per heavy atom. The van der Waals surface area contributed by atoms with Gasteiger partial charge in [-0.1, -0.05) is 19.8 Å². The highest BCUT2D eigenvalue weighted by Crippen LogP contribution is 2.17. The summed E-state index contributed by atoms with van der Waals surface area (Å²) in [6.45, 7) is 1.80. The summed E-state index contributed by atoms with van der Waals surface area (Å²) in [5, 5.41) is 13.9. The lowest BCUT2D eigenvalue weighted by Crippen LogP contribution is -2.21. The third-order valence-corrected chi connectivity index (χ3v) is 2.31. The average molecular weight is 349 g/mol. The summed E-state index contributed by atoms with van der Waals surface area (Å²) in [6.07, 6.45) is -4.75. The standard InChI is InChI=1S/C10H16F3N3.C2HF3O2/c1-2-3-4-6-14-9-5-7-16(15-9)8-10(11,12)13;3-2(4,5)1(6)7/h5,7H,2-4,6,8H2,1H3,(H,14,15);(H,6,7). The number of carboxylic acids is 1. The maximum absolute atomic E-state index is 12.0. The highest BCUT2D eigenvalue weighted by Gasteiger charge is 2.38. The molecule has 0 saturated carbocycles. The normalized spacial score (nSPS) is 11.6. The van der Waals surface area contributed by atoms with E-state index >= 15 is 0 Å². The van der Waals surface area contributed by atoms with Gasteiger partial charge < -0.3 is 10.4 Å². The Labute approximate surface area is 128 Å². The molecule has 134 valence electrons. The molecule has 1 aromatic heterocycles. The molecule has 0 radical (unpaired) electrons. The van der Waals surface area contributed by atoms with Crippen molar-refractivity contribution in [3.8, 4) is 0 Å². The van der Waals surface area contributed by atoms with E-state index in [1.165, 1.54) is 6.20 Å². The quantitative estimate of drug-likeness (QED) is 0.607. The highest BCUT2D eigenvalue weighted by molar-refractivity contribution is 5.73. The number of nitrogens with one attached hydrogen (secondary N) is 1. The molecule has 1 heterocycles. The predicted octanol–water partition coefficient (Wildman–Crippen LogP) is 3.68. The van der Waals surface area contributed by atoms with Crippen LogP contribution in [-0.4, -0.2) is 39.8 Å². The van der Waals surface area contributed by atoms with Gasteiger partial charge in [-0.3, -0.25) is 4.68 Å². The molecule has 0 unspecified atom stereocenters. The van der Waals surface area contributed by atoms with Gasteiger partial charge in [0.15, 0.2) is 0 Å². The van der Waals surface area contributed by atoms with Crippen LogP contribution in [0.1, 0.15) is 26.2 Å². The topological polar surface area (TPSA) is 67.2 Å². The average Bonchev–Trinajstić information content (AvgIpc) is 2.79. The van der Waals surface area contributed by atoms with Crippen LogP contribution in [0.15, 0.2) is 12.3 Å². The van der Waals surface area contributed by atoms with Crippen molar-refractivity contribution >= 4 is 11.8 Å². The van der Waals surface area contributed by atoms with Crippen molar-refractivity contribution in [1.82, 2.24) is 9.78 Å². The minimum absolute atomic E-state index is 0.500. The van der Waals surface area contributed by atoms with Gasteiger partial charge >= 0.3 is 18.3 Å². The van der Waals surface area contributed by atoms with Crippen LogP contribution in [0.2, 0.25) is 0 Å². The first-order valence-corrected chi connectivity index (χ1v) is 6.60. The summed E-state index contributed by atoms with van der Waals surface area (Å²) >= 11 is 0. The Kier molecular flexibility index (Phi) is 8.47. The number of alkyl halides is 6. The van der Waals surface area contributed by atoms with Crippen molar-refractivity contribution in [3.63, 3.8) is 0 Å². The molecular formula is C12H17F6N3O2. The van der Waals surface area contributed by atoms with E-state index < -0.39 is 24.9 Å². The number of aliphatic carboxylic acids is 1. The van der Waals surface area contributed by atoms with E-state index in [2.05, 4.69) is 17.3 Å². The Hall–Kier alpha value is -1.94. The fraction of sp³-hybridized carbons (Fsp3) is 0.667. The number of carboxylic acid groups (broad SMARTS) is 1. The maximum atomic E-state index is 12.0. The Morgan fingerprint density at radius 1 is 1.26 bits per heavy atom. The van der Waals surface area contributed by atoms with Gasteiger partial charge in [-0.25, -0.2) is 4.79 Å². The van der Waals surface area contributed by atoms with E-state index in [1.54, 1.807) is 6.07 Å². The van der Waals surface area contributed by atoms with Crippen LogP contribution in [0.5, 0.6) is 0 Å². The Bertz CT molecular complexity index is 470. The molecule has 23 heavy (non-hydrogen) atoms. The molecule has 0 fully saturated rings. The fourth-order valence-electron chi connectivity index (χ4n) is 1.32. The second-order valence-electron chi connectivity index (χ2n) is 4.45. The number of hydrogen-bond donors (Lipinski definition) is 2. The SMILES string of the molecule is CCCCCNc1ccn(CC(F)(F)F)n1.O=C(O)C(F)(F)F. The summed E-state index contributed by atoms with van der Waals surface area (Å²) in [6, 6.07) is 1.55. The zero-order chi connectivity index (χ0) is 18.1. The predicted molar refractivity (Wildman–Crippen MR) is 70.0 cm³/mol. The summed E-state index contributed by atoms with van der Waals surface area (Å²) in [5.74, 6) is -2.26. The molecule has 0 saturated heterocycles. The van der Waals surface area contributed by atoms with Crippen molar-refractivity contribution < 1.29 is 36.2 Å². The molecular weight excluding hydrogens is 332 g/mol. The molecule has 0 aliphatic rings. The highest BCUT2D eigenvalue weighted by atomic mass is 19.4. The largest absolute Gasteiger partial charge is 0.490 e. The molecule has 2 N–H and O–H groups in total. The van der Waals surface area contributed by atoms with E-state index in [9.17, 15) is 26.3 Å². The molecule has 1 aromatic rings. The zero-order valence-electron chi connectivity index (χ0n) is 12.2. The van der Waals surface area contributed by atoms with Gasteiger partial charge in [0.05, 0.1) is 0 Å². The third kappa shape index (κ3) is 11.3. The molecule has 0 spiro atoms. The van der Waals surface area contributed by atoms with Crippen LogP contribution in [0.25, 0.3) is 0 Å². The second kappa shape index (κ2) is 9.26. The van der Waals surface area contributed by atoms with E-state index in [-0.39, 0.29) is 0 Å². The zero-order valence-corrected chi connectivity index (χ0v) is 12.2. The monoisotopic (exact) mass is 349 g/mol. The van der Waals surface area contributed by atoms with Gasteiger partial charge in [0.25, 0.3) is 0 Å². The lowest BCUT2D eigenvalue weighted by Gasteiger charge is -2.05. The van der Waals surface area contributed by atoms with Gasteiger partial charge in [-0.05, 0) is 6.42 Å². The molecule has 0 atom stereocenters. The summed E-state index contributed by atoms with van der Waals surface area (Å²) in [5.41, 5.74) is 0. The van der Waals surface area contributed by atoms with E-state index in [1.807, 2.05) is 0 Å². The summed E-state index contributed by atoms with van der Waals surface area (Å²) in [4.78, 5) is 8.90. The minimum Gasteiger partial charge on any atom is -0.475 e. The van der Waals surface area contributed by atoms with Crippen LogP contribution in [0, 0.1) is 0 Å². The number of hydrogen-bond acceptors (Lipinski definition) is 3. The van der Waals surface area contributed by atoms with Crippen molar-refractivity contribution in [1.29, 1.82) is 0 Å². The summed E-state index contributed by atoms with van der Waals surface area (Å²) in [7, 11) is 0. The molecule has 0 bridgehead atoms. The lowest BCUT2D eigenvalue weighted by atomic mass is 10.2. The van der Waals surface area contributed by atoms with Gasteiger partial charge in [0.1, 0.15) is 12.4 Å². The van der Waals surface area contributed by atoms with Crippen molar-refractivity contribution in [3.05, 3.63) is 12.3 Å². The van der Waals surface area contributed by atoms with Gasteiger partial charge in [0, 0.05) is 18.8 Å². The number of anilines is 1. The van der Waals surface area contributed by atoms with Crippen LogP contribution in [0.4, 0.5) is 32.2 Å². The van der Waals surface area contributed by atoms with Crippen LogP contribution < -0.4 is 5.32 Å². The van der Waals surface area contributed by atoms with Gasteiger partial charge in [0.2, 0.25) is 0 Å². The molecule has 0 amide bonds. The van der Waals surface area contributed by atoms with Gasteiger partial charge in [-0.2, -0.15) is 31.4 Å². The van der Waals surface area contributed by atoms with E-state index in [0.29, 0.717) is 5.82 Å². The van der Waals surface area contributed by atoms with Crippen molar-refractivity contribution in [2.75, 3.05) is 11.9 Å². The minimum atomic E-state index is -5.08. The molecule has 5 nitrogen and oxygen atoms in total. The van der Waals surface area contributed by atoms with Crippen LogP contribution in [-0.2, 0) is 11.3 Å². The van der Waals surface area contributed by atoms with E-state index in [0.717, 1.165) is 30.5 Å². The molecule has 1 rings (SSSR count). The number of halogens is 6. The fourth-order valence-corrected chi connectivity index (χ4v) is 1.32. The number of aromatic nitrogens is 2. The Balaban J connectivity index is 0.000000585. The van der Waals surface area contributed by atoms with Crippen molar-refractivity contribution in [2.45, 2.75) is 45.1 Å². The number of rotatable bonds is 6.